The minimum atomic E-state index is 0.266. The van der Waals surface area contributed by atoms with E-state index in [2.05, 4.69) is 62.0 Å². The highest BCUT2D eigenvalue weighted by Crippen LogP contribution is 2.33. The number of amidine groups is 1. The van der Waals surface area contributed by atoms with Gasteiger partial charge in [0, 0.05) is 36.4 Å². The molecule has 4 atom stereocenters. The molecule has 1 aliphatic heterocycles. The topological polar surface area (TPSA) is 52.0 Å². The van der Waals surface area contributed by atoms with Crippen molar-refractivity contribution in [1.82, 2.24) is 15.2 Å². The first-order valence-electron chi connectivity index (χ1n) is 10.0. The Kier molecular flexibility index (Phi) is 7.39. The maximum absolute atomic E-state index is 8.90. The number of allylic oxidation sites excluding steroid dienone is 1. The summed E-state index contributed by atoms with van der Waals surface area (Å²) in [4.78, 5) is 6.84. The summed E-state index contributed by atoms with van der Waals surface area (Å²) < 4.78 is 0. The van der Waals surface area contributed by atoms with Crippen molar-refractivity contribution in [3.05, 3.63) is 35.7 Å². The van der Waals surface area contributed by atoms with Crippen LogP contribution in [0.25, 0.3) is 5.57 Å². The first-order chi connectivity index (χ1) is 12.4. The Bertz CT molecular complexity index is 637. The molecule has 0 unspecified atom stereocenters. The number of aromatic nitrogens is 1. The van der Waals surface area contributed by atoms with E-state index < -0.39 is 0 Å². The molecule has 1 aromatic rings. The van der Waals surface area contributed by atoms with Crippen molar-refractivity contribution in [1.29, 1.82) is 5.41 Å². The molecule has 2 N–H and O–H groups in total. The van der Waals surface area contributed by atoms with E-state index in [0.717, 1.165) is 37.3 Å². The first kappa shape index (κ1) is 20.6. The molecule has 4 nitrogen and oxygen atoms in total. The van der Waals surface area contributed by atoms with E-state index in [0.29, 0.717) is 18.0 Å². The van der Waals surface area contributed by atoms with Crippen molar-refractivity contribution in [2.45, 2.75) is 66.0 Å². The number of likely N-dealkylation sites (tertiary alicyclic amines) is 1. The van der Waals surface area contributed by atoms with Crippen LogP contribution in [0.5, 0.6) is 0 Å². The zero-order valence-corrected chi connectivity index (χ0v) is 17.3. The van der Waals surface area contributed by atoms with Crippen LogP contribution in [0.3, 0.4) is 0 Å². The molecule has 1 fully saturated rings. The number of rotatable bonds is 7. The second kappa shape index (κ2) is 9.31. The summed E-state index contributed by atoms with van der Waals surface area (Å²) >= 11 is 0. The normalized spacial score (nSPS) is 23.2. The van der Waals surface area contributed by atoms with E-state index in [1.807, 2.05) is 19.3 Å². The molecule has 2 rings (SSSR count). The summed E-state index contributed by atoms with van der Waals surface area (Å²) in [5, 5.41) is 12.2. The molecule has 0 aromatic carbocycles. The van der Waals surface area contributed by atoms with E-state index in [9.17, 15) is 0 Å². The van der Waals surface area contributed by atoms with Gasteiger partial charge in [-0.25, -0.2) is 0 Å². The van der Waals surface area contributed by atoms with Crippen molar-refractivity contribution < 1.29 is 0 Å². The molecule has 4 heteroatoms. The molecular formula is C22H36N4. The van der Waals surface area contributed by atoms with Gasteiger partial charge < -0.3 is 10.2 Å². The summed E-state index contributed by atoms with van der Waals surface area (Å²) in [6, 6.07) is 4.92. The summed E-state index contributed by atoms with van der Waals surface area (Å²) in [5.41, 5.74) is 3.68. The summed E-state index contributed by atoms with van der Waals surface area (Å²) in [5.74, 6) is 1.71. The van der Waals surface area contributed by atoms with Crippen molar-refractivity contribution in [3.63, 3.8) is 0 Å². The molecule has 1 saturated heterocycles. The van der Waals surface area contributed by atoms with Gasteiger partial charge in [0.2, 0.25) is 0 Å². The van der Waals surface area contributed by atoms with Crippen LogP contribution in [0.15, 0.2) is 24.4 Å². The second-order valence-corrected chi connectivity index (χ2v) is 7.78. The van der Waals surface area contributed by atoms with Crippen LogP contribution in [-0.2, 0) is 0 Å². The number of nitrogens with zero attached hydrogens (tertiary/aromatic N) is 2. The largest absolute Gasteiger partial charge is 0.357 e. The van der Waals surface area contributed by atoms with Gasteiger partial charge >= 0.3 is 0 Å². The molecule has 2 heterocycles. The third-order valence-corrected chi connectivity index (χ3v) is 5.94. The quantitative estimate of drug-likeness (QED) is 0.558. The van der Waals surface area contributed by atoms with Crippen LogP contribution >= 0.6 is 0 Å². The SMILES string of the molecule is C/C=C(/C[C@@H]1C[C@H](C)CN1C(=N)[C@@H](CC)[C@@H](C)NC)c1cccnc1C. The Morgan fingerprint density at radius 2 is 2.23 bits per heavy atom. The first-order valence-corrected chi connectivity index (χ1v) is 10.0. The van der Waals surface area contributed by atoms with Crippen molar-refractivity contribution in [3.8, 4) is 0 Å². The lowest BCUT2D eigenvalue weighted by Crippen LogP contribution is -2.45. The maximum atomic E-state index is 8.90. The van der Waals surface area contributed by atoms with Crippen LogP contribution in [0.4, 0.5) is 0 Å². The van der Waals surface area contributed by atoms with Crippen LogP contribution < -0.4 is 5.32 Å². The molecule has 0 radical (unpaired) electrons. The molecule has 0 aliphatic carbocycles. The van der Waals surface area contributed by atoms with Crippen LogP contribution in [-0.4, -0.2) is 41.4 Å². The second-order valence-electron chi connectivity index (χ2n) is 7.78. The standard InChI is InChI=1S/C22H36N4/c1-7-18(21-10-9-11-25-17(21)5)13-19-12-15(3)14-26(19)22(23)20(8-2)16(4)24-6/h7,9-11,15-16,19-20,23-24H,8,12-14H2,1-6H3/b18-7-,23-22?/t15-,16+,19-,20-/m0/s1. The highest BCUT2D eigenvalue weighted by atomic mass is 15.2. The van der Waals surface area contributed by atoms with Gasteiger partial charge in [0.15, 0.2) is 0 Å². The molecule has 1 aromatic heterocycles. The molecule has 0 bridgehead atoms. The minimum absolute atomic E-state index is 0.266. The predicted octanol–water partition coefficient (Wildman–Crippen LogP) is 4.51. The van der Waals surface area contributed by atoms with Gasteiger partial charge in [0.1, 0.15) is 5.84 Å². The van der Waals surface area contributed by atoms with E-state index in [1.54, 1.807) is 0 Å². The number of nitrogens with one attached hydrogen (secondary N) is 2. The molecule has 144 valence electrons. The van der Waals surface area contributed by atoms with E-state index in [1.165, 1.54) is 11.1 Å². The fourth-order valence-corrected chi connectivity index (χ4v) is 4.30. The van der Waals surface area contributed by atoms with Crippen molar-refractivity contribution in [2.75, 3.05) is 13.6 Å². The molecule has 26 heavy (non-hydrogen) atoms. The molecular weight excluding hydrogens is 320 g/mol. The van der Waals surface area contributed by atoms with Crippen LogP contribution in [0, 0.1) is 24.2 Å². The third-order valence-electron chi connectivity index (χ3n) is 5.94. The smallest absolute Gasteiger partial charge is 0.101 e. The van der Waals surface area contributed by atoms with Gasteiger partial charge in [-0.1, -0.05) is 26.0 Å². The Morgan fingerprint density at radius 1 is 1.50 bits per heavy atom. The number of aryl methyl sites for hydroxylation is 1. The fourth-order valence-electron chi connectivity index (χ4n) is 4.30. The zero-order valence-electron chi connectivity index (χ0n) is 17.3. The lowest BCUT2D eigenvalue weighted by molar-refractivity contribution is 0.343. The third kappa shape index (κ3) is 4.53. The summed E-state index contributed by atoms with van der Waals surface area (Å²) in [7, 11) is 1.99. The molecule has 0 amide bonds. The van der Waals surface area contributed by atoms with Crippen LogP contribution in [0.2, 0.25) is 0 Å². The Hall–Kier alpha value is -1.68. The summed E-state index contributed by atoms with van der Waals surface area (Å²) in [6.45, 7) is 11.9. The van der Waals surface area contributed by atoms with Gasteiger partial charge in [-0.15, -0.1) is 0 Å². The lowest BCUT2D eigenvalue weighted by atomic mass is 9.93. The Balaban J connectivity index is 2.21. The number of hydrogen-bond acceptors (Lipinski definition) is 3. The minimum Gasteiger partial charge on any atom is -0.357 e. The average molecular weight is 357 g/mol. The summed E-state index contributed by atoms with van der Waals surface area (Å²) in [6.07, 6.45) is 7.22. The van der Waals surface area contributed by atoms with Gasteiger partial charge in [-0.3, -0.25) is 10.4 Å². The zero-order chi connectivity index (χ0) is 19.3. The Labute approximate surface area is 159 Å². The van der Waals surface area contributed by atoms with Crippen molar-refractivity contribution >= 4 is 11.4 Å². The highest BCUT2D eigenvalue weighted by Gasteiger charge is 2.35. The molecule has 0 spiro atoms. The van der Waals surface area contributed by atoms with Gasteiger partial charge in [-0.05, 0) is 70.2 Å². The van der Waals surface area contributed by atoms with Crippen LogP contribution in [0.1, 0.15) is 58.2 Å². The number of hydrogen-bond donors (Lipinski definition) is 2. The predicted molar refractivity (Wildman–Crippen MR) is 112 cm³/mol. The van der Waals surface area contributed by atoms with Crippen molar-refractivity contribution in [2.24, 2.45) is 11.8 Å². The molecule has 0 saturated carbocycles. The van der Waals surface area contributed by atoms with E-state index in [4.69, 9.17) is 5.41 Å². The average Bonchev–Trinajstić information content (AvgIpc) is 3.01. The number of pyridine rings is 1. The maximum Gasteiger partial charge on any atom is 0.101 e. The Morgan fingerprint density at radius 3 is 2.81 bits per heavy atom. The van der Waals surface area contributed by atoms with Gasteiger partial charge in [-0.2, -0.15) is 0 Å². The lowest BCUT2D eigenvalue weighted by Gasteiger charge is -2.34. The van der Waals surface area contributed by atoms with Gasteiger partial charge in [0.05, 0.1) is 0 Å². The monoisotopic (exact) mass is 356 g/mol. The fraction of sp³-hybridized carbons (Fsp3) is 0.636. The molecule has 1 aliphatic rings. The van der Waals surface area contributed by atoms with Gasteiger partial charge in [0.25, 0.3) is 0 Å². The highest BCUT2D eigenvalue weighted by molar-refractivity contribution is 5.83. The van der Waals surface area contributed by atoms with E-state index >= 15 is 0 Å². The van der Waals surface area contributed by atoms with E-state index in [-0.39, 0.29) is 5.92 Å².